The second-order valence-corrected chi connectivity index (χ2v) is 8.83. The second-order valence-electron chi connectivity index (χ2n) is 8.83. The van der Waals surface area contributed by atoms with E-state index in [0.29, 0.717) is 30.5 Å². The number of fused-ring (bicyclic) bond motifs is 2. The van der Waals surface area contributed by atoms with Gasteiger partial charge in [-0.25, -0.2) is 4.98 Å². The van der Waals surface area contributed by atoms with Gasteiger partial charge in [0.15, 0.2) is 11.5 Å². The first-order valence-electron chi connectivity index (χ1n) is 12.1. The zero-order valence-electron chi connectivity index (χ0n) is 20.2. The van der Waals surface area contributed by atoms with Crippen LogP contribution in [0, 0.1) is 0 Å². The van der Waals surface area contributed by atoms with Crippen LogP contribution in [0.5, 0.6) is 17.4 Å². The van der Waals surface area contributed by atoms with Crippen LogP contribution >= 0.6 is 0 Å². The van der Waals surface area contributed by atoms with Gasteiger partial charge in [-0.2, -0.15) is 0 Å². The molecular formula is C26H37N3O5. The van der Waals surface area contributed by atoms with E-state index in [1.807, 2.05) is 50.2 Å². The molecule has 1 atom stereocenters. The fraction of sp³-hybridized carbons (Fsp3) is 0.538. The predicted molar refractivity (Wildman–Crippen MR) is 130 cm³/mol. The van der Waals surface area contributed by atoms with Crippen molar-refractivity contribution in [3.8, 4) is 17.4 Å². The van der Waals surface area contributed by atoms with Crippen LogP contribution in [0.1, 0.15) is 45.1 Å². The molecule has 186 valence electrons. The van der Waals surface area contributed by atoms with Crippen LogP contribution in [0.3, 0.4) is 0 Å². The van der Waals surface area contributed by atoms with E-state index in [9.17, 15) is 9.90 Å². The molecule has 0 saturated heterocycles. The van der Waals surface area contributed by atoms with Gasteiger partial charge in [0.1, 0.15) is 0 Å². The minimum absolute atomic E-state index is 0.0376. The topological polar surface area (TPSA) is 93.2 Å². The number of carbonyl (C=O) groups excluding carboxylic acids is 1. The van der Waals surface area contributed by atoms with Gasteiger partial charge in [-0.05, 0) is 51.4 Å². The molecule has 1 aromatic carbocycles. The largest absolute Gasteiger partial charge is 0.490 e. The number of amides is 1. The highest BCUT2D eigenvalue weighted by Gasteiger charge is 2.17. The maximum Gasteiger partial charge on any atom is 0.234 e. The van der Waals surface area contributed by atoms with Gasteiger partial charge in [0.05, 0.1) is 32.0 Å². The molecule has 1 aromatic heterocycles. The van der Waals surface area contributed by atoms with Gasteiger partial charge in [-0.15, -0.1) is 0 Å². The van der Waals surface area contributed by atoms with Crippen molar-refractivity contribution in [2.75, 3.05) is 32.8 Å². The van der Waals surface area contributed by atoms with Crippen molar-refractivity contribution in [3.63, 3.8) is 0 Å². The number of ether oxygens (including phenoxy) is 3. The monoisotopic (exact) mass is 471 g/mol. The lowest BCUT2D eigenvalue weighted by Crippen LogP contribution is -2.41. The number of aromatic nitrogens is 1. The number of benzene rings is 1. The first-order valence-corrected chi connectivity index (χ1v) is 12.1. The Kier molecular flexibility index (Phi) is 10.6. The smallest absolute Gasteiger partial charge is 0.234 e. The highest BCUT2D eigenvalue weighted by Crippen LogP contribution is 2.32. The zero-order chi connectivity index (χ0) is 24.2. The lowest BCUT2D eigenvalue weighted by molar-refractivity contribution is -0.123. The lowest BCUT2D eigenvalue weighted by Gasteiger charge is -2.24. The summed E-state index contributed by atoms with van der Waals surface area (Å²) in [7, 11) is 0. The van der Waals surface area contributed by atoms with Gasteiger partial charge in [0.25, 0.3) is 0 Å². The SMILES string of the molecule is CC(C)OCC(O)CNC(=O)CN1CCCCCCOc2ccccc2Oc2ncccc2C1. The summed E-state index contributed by atoms with van der Waals surface area (Å²) in [6.07, 6.45) is 5.06. The maximum absolute atomic E-state index is 12.6. The highest BCUT2D eigenvalue weighted by atomic mass is 16.5. The average Bonchev–Trinajstić information content (AvgIpc) is 2.82. The first-order chi connectivity index (χ1) is 16.5. The Balaban J connectivity index is 1.68. The number of hydrogen-bond donors (Lipinski definition) is 2. The van der Waals surface area contributed by atoms with Gasteiger partial charge >= 0.3 is 0 Å². The standard InChI is InChI=1S/C26H37N3O5/c1-20(2)33-19-22(30)16-28-25(31)18-29-14-7-3-4-8-15-32-23-11-5-6-12-24(23)34-26-21(17-29)10-9-13-27-26/h5-6,9-13,20,22,30H,3-4,7-8,14-19H2,1-2H3,(H,28,31). The second kappa shape index (κ2) is 13.9. The summed E-state index contributed by atoms with van der Waals surface area (Å²) in [6.45, 7) is 6.34. The number of para-hydroxylation sites is 2. The Bertz CT molecular complexity index is 892. The Hall–Kier alpha value is -2.68. The molecule has 2 N–H and O–H groups in total. The molecule has 0 saturated carbocycles. The van der Waals surface area contributed by atoms with Crippen LogP contribution in [0.25, 0.3) is 0 Å². The van der Waals surface area contributed by atoms with Crippen molar-refractivity contribution in [2.24, 2.45) is 0 Å². The molecule has 8 nitrogen and oxygen atoms in total. The summed E-state index contributed by atoms with van der Waals surface area (Å²) in [5.41, 5.74) is 0.896. The Morgan fingerprint density at radius 3 is 2.76 bits per heavy atom. The molecule has 1 aliphatic heterocycles. The molecule has 0 aliphatic carbocycles. The fourth-order valence-corrected chi connectivity index (χ4v) is 3.68. The quantitative estimate of drug-likeness (QED) is 0.638. The predicted octanol–water partition coefficient (Wildman–Crippen LogP) is 3.53. The number of nitrogens with zero attached hydrogens (tertiary/aromatic N) is 2. The molecule has 1 aliphatic rings. The minimum atomic E-state index is -0.731. The molecule has 0 fully saturated rings. The summed E-state index contributed by atoms with van der Waals surface area (Å²) < 4.78 is 17.5. The third kappa shape index (κ3) is 8.93. The van der Waals surface area contributed by atoms with Gasteiger partial charge in [0, 0.05) is 24.8 Å². The number of rotatable bonds is 7. The van der Waals surface area contributed by atoms with Crippen LogP contribution < -0.4 is 14.8 Å². The van der Waals surface area contributed by atoms with E-state index < -0.39 is 6.10 Å². The highest BCUT2D eigenvalue weighted by molar-refractivity contribution is 5.78. The van der Waals surface area contributed by atoms with Crippen molar-refractivity contribution in [1.82, 2.24) is 15.2 Å². The van der Waals surface area contributed by atoms with Crippen LogP contribution in [-0.2, 0) is 16.1 Å². The number of aliphatic hydroxyl groups is 1. The molecule has 2 heterocycles. The van der Waals surface area contributed by atoms with E-state index in [0.717, 1.165) is 37.8 Å². The molecule has 1 unspecified atom stereocenters. The fourth-order valence-electron chi connectivity index (χ4n) is 3.68. The van der Waals surface area contributed by atoms with Gasteiger partial charge in [-0.1, -0.05) is 31.0 Å². The summed E-state index contributed by atoms with van der Waals surface area (Å²) in [5, 5.41) is 12.9. The molecule has 3 rings (SSSR count). The zero-order valence-corrected chi connectivity index (χ0v) is 20.2. The molecule has 34 heavy (non-hydrogen) atoms. The number of carbonyl (C=O) groups is 1. The van der Waals surface area contributed by atoms with Gasteiger partial charge in [0.2, 0.25) is 11.8 Å². The van der Waals surface area contributed by atoms with Crippen molar-refractivity contribution in [3.05, 3.63) is 48.2 Å². The summed E-state index contributed by atoms with van der Waals surface area (Å²) in [5.74, 6) is 1.70. The van der Waals surface area contributed by atoms with Crippen LogP contribution in [0.4, 0.5) is 0 Å². The molecule has 0 bridgehead atoms. The summed E-state index contributed by atoms with van der Waals surface area (Å²) in [6, 6.07) is 11.5. The molecule has 1 amide bonds. The van der Waals surface area contributed by atoms with Gasteiger partial charge < -0.3 is 24.6 Å². The molecule has 8 heteroatoms. The van der Waals surface area contributed by atoms with E-state index in [1.165, 1.54) is 0 Å². The van der Waals surface area contributed by atoms with Crippen LogP contribution in [0.2, 0.25) is 0 Å². The van der Waals surface area contributed by atoms with E-state index >= 15 is 0 Å². The van der Waals surface area contributed by atoms with E-state index in [4.69, 9.17) is 14.2 Å². The Morgan fingerprint density at radius 2 is 1.94 bits per heavy atom. The Labute approximate surface area is 202 Å². The van der Waals surface area contributed by atoms with Gasteiger partial charge in [-0.3, -0.25) is 9.69 Å². The maximum atomic E-state index is 12.6. The van der Waals surface area contributed by atoms with E-state index in [-0.39, 0.29) is 31.7 Å². The van der Waals surface area contributed by atoms with Crippen molar-refractivity contribution >= 4 is 5.91 Å². The Morgan fingerprint density at radius 1 is 1.15 bits per heavy atom. The minimum Gasteiger partial charge on any atom is -0.490 e. The number of aliphatic hydroxyl groups excluding tert-OH is 1. The van der Waals surface area contributed by atoms with Crippen molar-refractivity contribution in [2.45, 2.75) is 58.3 Å². The summed E-state index contributed by atoms with van der Waals surface area (Å²) >= 11 is 0. The summed E-state index contributed by atoms with van der Waals surface area (Å²) in [4.78, 5) is 19.2. The van der Waals surface area contributed by atoms with E-state index in [2.05, 4.69) is 15.2 Å². The third-order valence-corrected chi connectivity index (χ3v) is 5.45. The average molecular weight is 472 g/mol. The van der Waals surface area contributed by atoms with Crippen molar-refractivity contribution in [1.29, 1.82) is 0 Å². The molecule has 0 spiro atoms. The number of nitrogens with one attached hydrogen (secondary N) is 1. The molecular weight excluding hydrogens is 434 g/mol. The molecule has 2 aromatic rings. The van der Waals surface area contributed by atoms with Crippen molar-refractivity contribution < 1.29 is 24.1 Å². The lowest BCUT2D eigenvalue weighted by atomic mass is 10.1. The third-order valence-electron chi connectivity index (χ3n) is 5.45. The number of hydrogen-bond acceptors (Lipinski definition) is 7. The van der Waals surface area contributed by atoms with E-state index in [1.54, 1.807) is 6.20 Å². The van der Waals surface area contributed by atoms with Crippen LogP contribution in [-0.4, -0.2) is 66.0 Å². The normalized spacial score (nSPS) is 16.4. The number of pyridine rings is 1. The molecule has 0 radical (unpaired) electrons. The first kappa shape index (κ1) is 25.9. The van der Waals surface area contributed by atoms with Crippen LogP contribution in [0.15, 0.2) is 42.6 Å².